The highest BCUT2D eigenvalue weighted by atomic mass is 16.7. The number of rotatable bonds is 6. The van der Waals surface area contributed by atoms with Gasteiger partial charge in [0.05, 0.1) is 19.1 Å². The van der Waals surface area contributed by atoms with Gasteiger partial charge in [0.2, 0.25) is 0 Å². The van der Waals surface area contributed by atoms with Gasteiger partial charge in [-0.15, -0.1) is 0 Å². The molecule has 0 saturated heterocycles. The minimum atomic E-state index is -0.235. The van der Waals surface area contributed by atoms with Crippen LogP contribution in [0.15, 0.2) is 0 Å². The molecule has 1 atom stereocenters. The molecule has 4 heteroatoms. The van der Waals surface area contributed by atoms with Gasteiger partial charge in [-0.05, 0) is 13.8 Å². The number of hydrogen-bond acceptors (Lipinski definition) is 4. The molecule has 0 saturated carbocycles. The third-order valence-electron chi connectivity index (χ3n) is 1.23. The van der Waals surface area contributed by atoms with Gasteiger partial charge >= 0.3 is 5.97 Å². The van der Waals surface area contributed by atoms with Crippen LogP contribution in [0.1, 0.15) is 20.3 Å². The second-order valence-electron chi connectivity index (χ2n) is 2.39. The van der Waals surface area contributed by atoms with Crippen molar-refractivity contribution >= 4 is 5.97 Å². The summed E-state index contributed by atoms with van der Waals surface area (Å²) in [6, 6.07) is 0. The zero-order valence-corrected chi connectivity index (χ0v) is 7.83. The third kappa shape index (κ3) is 6.12. The minimum Gasteiger partial charge on any atom is -0.466 e. The van der Waals surface area contributed by atoms with E-state index in [9.17, 15) is 4.79 Å². The van der Waals surface area contributed by atoms with E-state index in [4.69, 9.17) is 9.47 Å². The number of ether oxygens (including phenoxy) is 3. The highest BCUT2D eigenvalue weighted by Crippen LogP contribution is 1.98. The fourth-order valence-electron chi connectivity index (χ4n) is 0.698. The highest BCUT2D eigenvalue weighted by molar-refractivity contribution is 5.69. The predicted octanol–water partition coefficient (Wildman–Crippen LogP) is 0.949. The van der Waals surface area contributed by atoms with Crippen molar-refractivity contribution < 1.29 is 19.0 Å². The average molecular weight is 176 g/mol. The van der Waals surface area contributed by atoms with E-state index in [-0.39, 0.29) is 25.3 Å². The third-order valence-corrected chi connectivity index (χ3v) is 1.23. The SMILES string of the molecule is CCOC(=O)CC(C)OCOC. The summed E-state index contributed by atoms with van der Waals surface area (Å²) in [4.78, 5) is 10.9. The Hall–Kier alpha value is -0.610. The van der Waals surface area contributed by atoms with Crippen LogP contribution in [0.25, 0.3) is 0 Å². The van der Waals surface area contributed by atoms with E-state index in [2.05, 4.69) is 4.74 Å². The fourth-order valence-corrected chi connectivity index (χ4v) is 0.698. The molecule has 0 heterocycles. The van der Waals surface area contributed by atoms with E-state index < -0.39 is 0 Å². The first-order valence-corrected chi connectivity index (χ1v) is 3.96. The quantitative estimate of drug-likeness (QED) is 0.446. The van der Waals surface area contributed by atoms with E-state index in [1.165, 1.54) is 7.11 Å². The Morgan fingerprint density at radius 3 is 2.67 bits per heavy atom. The molecule has 0 rings (SSSR count). The summed E-state index contributed by atoms with van der Waals surface area (Å²) >= 11 is 0. The summed E-state index contributed by atoms with van der Waals surface area (Å²) in [7, 11) is 1.54. The summed E-state index contributed by atoms with van der Waals surface area (Å²) in [5, 5.41) is 0. The Balaban J connectivity index is 3.40. The number of methoxy groups -OCH3 is 1. The second kappa shape index (κ2) is 7.06. The van der Waals surface area contributed by atoms with Crippen molar-refractivity contribution in [2.24, 2.45) is 0 Å². The van der Waals surface area contributed by atoms with Gasteiger partial charge in [-0.25, -0.2) is 0 Å². The Kier molecular flexibility index (Phi) is 6.70. The first kappa shape index (κ1) is 11.4. The Bertz CT molecular complexity index is 124. The van der Waals surface area contributed by atoms with Crippen LogP contribution in [-0.2, 0) is 19.0 Å². The van der Waals surface area contributed by atoms with Gasteiger partial charge in [0, 0.05) is 7.11 Å². The molecule has 0 aromatic heterocycles. The normalized spacial score (nSPS) is 12.6. The summed E-state index contributed by atoms with van der Waals surface area (Å²) in [6.45, 7) is 4.20. The second-order valence-corrected chi connectivity index (χ2v) is 2.39. The molecule has 0 aromatic carbocycles. The van der Waals surface area contributed by atoms with Crippen molar-refractivity contribution in [1.82, 2.24) is 0 Å². The monoisotopic (exact) mass is 176 g/mol. The molecular weight excluding hydrogens is 160 g/mol. The van der Waals surface area contributed by atoms with Crippen LogP contribution in [0.2, 0.25) is 0 Å². The van der Waals surface area contributed by atoms with E-state index in [1.54, 1.807) is 13.8 Å². The van der Waals surface area contributed by atoms with E-state index >= 15 is 0 Å². The zero-order chi connectivity index (χ0) is 9.40. The largest absolute Gasteiger partial charge is 0.466 e. The molecule has 0 fully saturated rings. The van der Waals surface area contributed by atoms with Crippen molar-refractivity contribution in [3.05, 3.63) is 0 Å². The summed E-state index contributed by atoms with van der Waals surface area (Å²) in [5.74, 6) is -0.235. The summed E-state index contributed by atoms with van der Waals surface area (Å²) < 4.78 is 14.5. The first-order chi connectivity index (χ1) is 5.70. The van der Waals surface area contributed by atoms with Crippen molar-refractivity contribution in [2.75, 3.05) is 20.5 Å². The lowest BCUT2D eigenvalue weighted by Crippen LogP contribution is -2.17. The van der Waals surface area contributed by atoms with Gasteiger partial charge in [0.1, 0.15) is 6.79 Å². The van der Waals surface area contributed by atoms with Gasteiger partial charge < -0.3 is 14.2 Å². The number of hydrogen-bond donors (Lipinski definition) is 0. The van der Waals surface area contributed by atoms with Gasteiger partial charge in [-0.2, -0.15) is 0 Å². The van der Waals surface area contributed by atoms with Crippen LogP contribution < -0.4 is 0 Å². The van der Waals surface area contributed by atoms with Crippen LogP contribution in [0.4, 0.5) is 0 Å². The number of esters is 1. The van der Waals surface area contributed by atoms with Crippen molar-refractivity contribution in [3.8, 4) is 0 Å². The predicted molar refractivity (Wildman–Crippen MR) is 43.7 cm³/mol. The fraction of sp³-hybridized carbons (Fsp3) is 0.875. The number of carbonyl (C=O) groups is 1. The van der Waals surface area contributed by atoms with Crippen molar-refractivity contribution in [2.45, 2.75) is 26.4 Å². The van der Waals surface area contributed by atoms with Crippen LogP contribution in [-0.4, -0.2) is 32.6 Å². The van der Waals surface area contributed by atoms with E-state index in [0.717, 1.165) is 0 Å². The van der Waals surface area contributed by atoms with Gasteiger partial charge in [0.25, 0.3) is 0 Å². The standard InChI is InChI=1S/C8H16O4/c1-4-11-8(9)5-7(2)12-6-10-3/h7H,4-6H2,1-3H3. The maximum atomic E-state index is 10.9. The first-order valence-electron chi connectivity index (χ1n) is 3.96. The molecule has 4 nitrogen and oxygen atoms in total. The lowest BCUT2D eigenvalue weighted by Gasteiger charge is -2.10. The molecule has 0 aliphatic carbocycles. The number of carbonyl (C=O) groups excluding carboxylic acids is 1. The van der Waals surface area contributed by atoms with Crippen LogP contribution in [0.3, 0.4) is 0 Å². The van der Waals surface area contributed by atoms with Gasteiger partial charge in [-0.1, -0.05) is 0 Å². The lowest BCUT2D eigenvalue weighted by atomic mass is 10.3. The van der Waals surface area contributed by atoms with E-state index in [0.29, 0.717) is 6.61 Å². The maximum absolute atomic E-state index is 10.9. The van der Waals surface area contributed by atoms with Gasteiger partial charge in [0.15, 0.2) is 0 Å². The Labute approximate surface area is 72.8 Å². The zero-order valence-electron chi connectivity index (χ0n) is 7.83. The molecule has 0 aliphatic rings. The van der Waals surface area contributed by atoms with Crippen LogP contribution >= 0.6 is 0 Å². The van der Waals surface area contributed by atoms with Crippen molar-refractivity contribution in [3.63, 3.8) is 0 Å². The Morgan fingerprint density at radius 1 is 1.50 bits per heavy atom. The molecule has 0 radical (unpaired) electrons. The molecule has 72 valence electrons. The maximum Gasteiger partial charge on any atom is 0.308 e. The summed E-state index contributed by atoms with van der Waals surface area (Å²) in [5.41, 5.74) is 0. The summed E-state index contributed by atoms with van der Waals surface area (Å²) in [6.07, 6.45) is 0.126. The molecule has 1 unspecified atom stereocenters. The Morgan fingerprint density at radius 2 is 2.17 bits per heavy atom. The van der Waals surface area contributed by atoms with Gasteiger partial charge in [-0.3, -0.25) is 4.79 Å². The molecule has 0 N–H and O–H groups in total. The molecule has 0 spiro atoms. The average Bonchev–Trinajstić information content (AvgIpc) is 2.01. The lowest BCUT2D eigenvalue weighted by molar-refractivity contribution is -0.148. The highest BCUT2D eigenvalue weighted by Gasteiger charge is 2.09. The molecule has 0 bridgehead atoms. The van der Waals surface area contributed by atoms with Crippen LogP contribution in [0.5, 0.6) is 0 Å². The molecule has 12 heavy (non-hydrogen) atoms. The molecule has 0 amide bonds. The molecule has 0 aromatic rings. The van der Waals surface area contributed by atoms with Crippen molar-refractivity contribution in [1.29, 1.82) is 0 Å². The molecule has 0 aliphatic heterocycles. The molecular formula is C8H16O4. The van der Waals surface area contributed by atoms with Crippen LogP contribution in [0, 0.1) is 0 Å². The topological polar surface area (TPSA) is 44.8 Å². The smallest absolute Gasteiger partial charge is 0.308 e. The van der Waals surface area contributed by atoms with E-state index in [1.807, 2.05) is 0 Å². The minimum absolute atomic E-state index is 0.149.